The van der Waals surface area contributed by atoms with Gasteiger partial charge in [-0.1, -0.05) is 24.6 Å². The Bertz CT molecular complexity index is 831. The van der Waals surface area contributed by atoms with Gasteiger partial charge in [0.2, 0.25) is 5.91 Å². The van der Waals surface area contributed by atoms with Crippen LogP contribution in [-0.2, 0) is 10.2 Å². The molecule has 5 nitrogen and oxygen atoms in total. The zero-order valence-electron chi connectivity index (χ0n) is 12.0. The zero-order valence-corrected chi connectivity index (χ0v) is 12.8. The van der Waals surface area contributed by atoms with Crippen molar-refractivity contribution in [1.82, 2.24) is 15.0 Å². The molecule has 0 bridgehead atoms. The minimum atomic E-state index is -0.634. The van der Waals surface area contributed by atoms with Crippen LogP contribution in [0, 0.1) is 0 Å². The number of rotatable bonds is 4. The summed E-state index contributed by atoms with van der Waals surface area (Å²) in [6.45, 7) is 1.96. The maximum Gasteiger partial charge on any atom is 0.218 e. The van der Waals surface area contributed by atoms with Crippen LogP contribution in [0.25, 0.3) is 11.0 Å². The largest absolute Gasteiger partial charge is 0.370 e. The van der Waals surface area contributed by atoms with E-state index >= 15 is 0 Å². The van der Waals surface area contributed by atoms with Gasteiger partial charge in [0.25, 0.3) is 0 Å². The molecule has 3 aromatic rings. The summed E-state index contributed by atoms with van der Waals surface area (Å²) >= 11 is 6.34. The Kier molecular flexibility index (Phi) is 3.58. The third-order valence-electron chi connectivity index (χ3n) is 3.94. The van der Waals surface area contributed by atoms with Crippen molar-refractivity contribution in [2.75, 3.05) is 0 Å². The number of aromatic amines is 1. The number of H-pyrrole nitrogens is 1. The molecule has 6 heteroatoms. The molecule has 0 spiro atoms. The van der Waals surface area contributed by atoms with E-state index in [1.54, 1.807) is 24.7 Å². The van der Waals surface area contributed by atoms with Crippen LogP contribution < -0.4 is 5.73 Å². The van der Waals surface area contributed by atoms with Crippen molar-refractivity contribution in [3.05, 3.63) is 59.1 Å². The number of halogens is 1. The van der Waals surface area contributed by atoms with E-state index in [0.717, 1.165) is 16.5 Å². The Hall–Kier alpha value is -2.40. The Morgan fingerprint density at radius 2 is 2.23 bits per heavy atom. The van der Waals surface area contributed by atoms with Crippen LogP contribution in [0.1, 0.15) is 24.5 Å². The number of aromatic nitrogens is 3. The van der Waals surface area contributed by atoms with Crippen LogP contribution in [0.2, 0.25) is 5.02 Å². The molecule has 22 heavy (non-hydrogen) atoms. The van der Waals surface area contributed by atoms with Crippen LogP contribution in [0.5, 0.6) is 0 Å². The molecule has 1 amide bonds. The van der Waals surface area contributed by atoms with E-state index in [-0.39, 0.29) is 12.3 Å². The third-order valence-corrected chi connectivity index (χ3v) is 4.26. The normalized spacial score (nSPS) is 13.9. The van der Waals surface area contributed by atoms with E-state index < -0.39 is 5.41 Å². The number of carbonyl (C=O) groups excluding carboxylic acids is 1. The molecule has 3 aromatic heterocycles. The van der Waals surface area contributed by atoms with E-state index in [1.807, 2.05) is 25.3 Å². The summed E-state index contributed by atoms with van der Waals surface area (Å²) < 4.78 is 0. The van der Waals surface area contributed by atoms with Crippen LogP contribution in [-0.4, -0.2) is 20.9 Å². The molecule has 0 saturated carbocycles. The van der Waals surface area contributed by atoms with Gasteiger partial charge in [0.15, 0.2) is 0 Å². The number of nitrogens with zero attached hydrogens (tertiary/aromatic N) is 2. The summed E-state index contributed by atoms with van der Waals surface area (Å²) in [7, 11) is 0. The molecular formula is C16H15ClN4O. The summed E-state index contributed by atoms with van der Waals surface area (Å²) in [6.07, 6.45) is 7.06. The monoisotopic (exact) mass is 314 g/mol. The SMILES string of the molecule is CC(CC(N)=O)(c1cccnc1)c1c[nH]c2nccc(Cl)c12. The fourth-order valence-electron chi connectivity index (χ4n) is 2.84. The van der Waals surface area contributed by atoms with Crippen molar-refractivity contribution in [3.8, 4) is 0 Å². The topological polar surface area (TPSA) is 84.7 Å². The highest BCUT2D eigenvalue weighted by atomic mass is 35.5. The Morgan fingerprint density at radius 1 is 1.41 bits per heavy atom. The van der Waals surface area contributed by atoms with Gasteiger partial charge < -0.3 is 10.7 Å². The highest BCUT2D eigenvalue weighted by Crippen LogP contribution is 2.40. The maximum atomic E-state index is 11.6. The second-order valence-corrected chi connectivity index (χ2v) is 5.84. The number of nitrogens with one attached hydrogen (secondary N) is 1. The fourth-order valence-corrected chi connectivity index (χ4v) is 3.09. The molecule has 0 aromatic carbocycles. The minimum Gasteiger partial charge on any atom is -0.370 e. The van der Waals surface area contributed by atoms with Gasteiger partial charge in [0, 0.05) is 42.0 Å². The van der Waals surface area contributed by atoms with Gasteiger partial charge in [0.05, 0.1) is 5.02 Å². The molecule has 0 fully saturated rings. The van der Waals surface area contributed by atoms with E-state index in [0.29, 0.717) is 10.7 Å². The predicted octanol–water partition coefficient (Wildman–Crippen LogP) is 2.79. The summed E-state index contributed by atoms with van der Waals surface area (Å²) in [4.78, 5) is 23.2. The molecule has 1 atom stereocenters. The Morgan fingerprint density at radius 3 is 2.91 bits per heavy atom. The average Bonchev–Trinajstić information content (AvgIpc) is 2.93. The van der Waals surface area contributed by atoms with Crippen molar-refractivity contribution >= 4 is 28.5 Å². The van der Waals surface area contributed by atoms with E-state index in [1.165, 1.54) is 0 Å². The first-order valence-corrected chi connectivity index (χ1v) is 7.21. The third kappa shape index (κ3) is 2.33. The first kappa shape index (κ1) is 14.5. The van der Waals surface area contributed by atoms with Gasteiger partial charge in [-0.15, -0.1) is 0 Å². The smallest absolute Gasteiger partial charge is 0.218 e. The van der Waals surface area contributed by atoms with Crippen molar-refractivity contribution in [3.63, 3.8) is 0 Å². The molecule has 0 aliphatic carbocycles. The highest BCUT2D eigenvalue weighted by Gasteiger charge is 2.34. The van der Waals surface area contributed by atoms with Crippen LogP contribution in [0.15, 0.2) is 43.0 Å². The maximum absolute atomic E-state index is 11.6. The lowest BCUT2D eigenvalue weighted by Crippen LogP contribution is -2.30. The molecular weight excluding hydrogens is 300 g/mol. The molecule has 0 aliphatic rings. The number of pyridine rings is 2. The molecule has 0 radical (unpaired) electrons. The number of amides is 1. The summed E-state index contributed by atoms with van der Waals surface area (Å²) in [5.41, 5.74) is 7.31. The number of primary amides is 1. The van der Waals surface area contributed by atoms with Crippen LogP contribution in [0.4, 0.5) is 0 Å². The summed E-state index contributed by atoms with van der Waals surface area (Å²) in [5, 5.41) is 1.39. The number of fused-ring (bicyclic) bond motifs is 1. The van der Waals surface area contributed by atoms with E-state index in [4.69, 9.17) is 17.3 Å². The molecule has 1 unspecified atom stereocenters. The lowest BCUT2D eigenvalue weighted by molar-refractivity contribution is -0.118. The van der Waals surface area contributed by atoms with Gasteiger partial charge in [-0.05, 0) is 23.3 Å². The number of hydrogen-bond donors (Lipinski definition) is 2. The second-order valence-electron chi connectivity index (χ2n) is 5.44. The Balaban J connectivity index is 2.27. The van der Waals surface area contributed by atoms with E-state index in [9.17, 15) is 4.79 Å². The fraction of sp³-hybridized carbons (Fsp3) is 0.188. The number of nitrogens with two attached hydrogens (primary N) is 1. The summed E-state index contributed by atoms with van der Waals surface area (Å²) in [5.74, 6) is -0.388. The van der Waals surface area contributed by atoms with Crippen LogP contribution >= 0.6 is 11.6 Å². The first-order valence-electron chi connectivity index (χ1n) is 6.83. The van der Waals surface area contributed by atoms with Crippen molar-refractivity contribution < 1.29 is 4.79 Å². The highest BCUT2D eigenvalue weighted by molar-refractivity contribution is 6.35. The first-order chi connectivity index (χ1) is 10.5. The van der Waals surface area contributed by atoms with Gasteiger partial charge >= 0.3 is 0 Å². The quantitative estimate of drug-likeness (QED) is 0.776. The lowest BCUT2D eigenvalue weighted by Gasteiger charge is -2.28. The van der Waals surface area contributed by atoms with Gasteiger partial charge in [-0.2, -0.15) is 0 Å². The Labute approximate surface area is 132 Å². The predicted molar refractivity (Wildman–Crippen MR) is 85.6 cm³/mol. The average molecular weight is 315 g/mol. The summed E-state index contributed by atoms with van der Waals surface area (Å²) in [6, 6.07) is 5.50. The molecule has 3 heterocycles. The molecule has 0 aliphatic heterocycles. The van der Waals surface area contributed by atoms with Gasteiger partial charge in [0.1, 0.15) is 5.65 Å². The van der Waals surface area contributed by atoms with Crippen molar-refractivity contribution in [2.45, 2.75) is 18.8 Å². The van der Waals surface area contributed by atoms with Crippen LogP contribution in [0.3, 0.4) is 0 Å². The number of carbonyl (C=O) groups is 1. The molecule has 0 saturated heterocycles. The zero-order chi connectivity index (χ0) is 15.7. The van der Waals surface area contributed by atoms with Crippen molar-refractivity contribution in [2.24, 2.45) is 5.73 Å². The van der Waals surface area contributed by atoms with Crippen molar-refractivity contribution in [1.29, 1.82) is 0 Å². The lowest BCUT2D eigenvalue weighted by atomic mass is 9.74. The van der Waals surface area contributed by atoms with Gasteiger partial charge in [-0.3, -0.25) is 9.78 Å². The molecule has 112 valence electrons. The molecule has 3 N–H and O–H groups in total. The van der Waals surface area contributed by atoms with E-state index in [2.05, 4.69) is 15.0 Å². The minimum absolute atomic E-state index is 0.150. The standard InChI is InChI=1S/C16H15ClN4O/c1-16(7-13(18)22,10-3-2-5-19-8-10)11-9-21-15-14(11)12(17)4-6-20-15/h2-6,8-9H,7H2,1H3,(H2,18,22)(H,20,21). The second kappa shape index (κ2) is 5.42. The number of hydrogen-bond acceptors (Lipinski definition) is 3. The molecule has 3 rings (SSSR count). The van der Waals surface area contributed by atoms with Gasteiger partial charge in [-0.25, -0.2) is 4.98 Å².